The molecule has 4 fully saturated rings. The molecule has 98 valence electrons. The minimum absolute atomic E-state index is 0.154. The Hall–Kier alpha value is -1.04. The first kappa shape index (κ1) is 12.0. The fraction of sp³-hybridized carbons (Fsp3) is 0.867. The van der Waals surface area contributed by atoms with Gasteiger partial charge in [0.05, 0.1) is 6.07 Å². The van der Waals surface area contributed by atoms with E-state index in [4.69, 9.17) is 5.26 Å². The predicted octanol–water partition coefficient (Wildman–Crippen LogP) is 2.72. The third kappa shape index (κ3) is 1.83. The fourth-order valence-corrected chi connectivity index (χ4v) is 5.07. The smallest absolute Gasteiger partial charge is 0.223 e. The van der Waals surface area contributed by atoms with Crippen LogP contribution in [0, 0.1) is 29.1 Å². The van der Waals surface area contributed by atoms with E-state index in [-0.39, 0.29) is 11.4 Å². The monoisotopic (exact) mass is 246 g/mol. The summed E-state index contributed by atoms with van der Waals surface area (Å²) >= 11 is 0. The van der Waals surface area contributed by atoms with Gasteiger partial charge in [-0.1, -0.05) is 0 Å². The van der Waals surface area contributed by atoms with Crippen molar-refractivity contribution in [2.45, 2.75) is 56.9 Å². The zero-order chi connectivity index (χ0) is 12.8. The largest absolute Gasteiger partial charge is 0.340 e. The Balaban J connectivity index is 1.75. The van der Waals surface area contributed by atoms with Crippen molar-refractivity contribution in [2.24, 2.45) is 17.8 Å². The Morgan fingerprint density at radius 3 is 2.17 bits per heavy atom. The van der Waals surface area contributed by atoms with Gasteiger partial charge >= 0.3 is 0 Å². The molecule has 0 N–H and O–H groups in total. The molecule has 4 rings (SSSR count). The second-order valence-electron chi connectivity index (χ2n) is 6.75. The van der Waals surface area contributed by atoms with Crippen LogP contribution in [0.3, 0.4) is 0 Å². The molecule has 0 heterocycles. The third-order valence-corrected chi connectivity index (χ3v) is 5.54. The average molecular weight is 246 g/mol. The summed E-state index contributed by atoms with van der Waals surface area (Å²) in [5.41, 5.74) is 0.154. The summed E-state index contributed by atoms with van der Waals surface area (Å²) in [5, 5.41) is 8.61. The molecule has 0 aliphatic heterocycles. The number of hydrogen-bond donors (Lipinski definition) is 0. The van der Waals surface area contributed by atoms with Crippen LogP contribution in [0.2, 0.25) is 0 Å². The SMILES string of the molecule is CN(C(=O)CCC#N)C12CC3CC(CC(C3)C1)C2. The Kier molecular flexibility index (Phi) is 2.84. The van der Waals surface area contributed by atoms with Gasteiger partial charge in [0.15, 0.2) is 0 Å². The van der Waals surface area contributed by atoms with Crippen molar-refractivity contribution in [3.05, 3.63) is 0 Å². The molecule has 4 bridgehead atoms. The van der Waals surface area contributed by atoms with E-state index in [2.05, 4.69) is 6.07 Å². The van der Waals surface area contributed by atoms with Gasteiger partial charge in [-0.05, 0) is 56.3 Å². The lowest BCUT2D eigenvalue weighted by Gasteiger charge is -2.59. The molecule has 0 aromatic heterocycles. The van der Waals surface area contributed by atoms with Gasteiger partial charge in [0.1, 0.15) is 0 Å². The van der Waals surface area contributed by atoms with Gasteiger partial charge in [0.25, 0.3) is 0 Å². The van der Waals surface area contributed by atoms with Gasteiger partial charge in [0, 0.05) is 25.4 Å². The standard InChI is InChI=1S/C15H22N2O/c1-17(14(18)3-2-4-16)15-8-11-5-12(9-15)7-13(6-11)10-15/h11-13H,2-3,5-10H2,1H3. The Labute approximate surface area is 109 Å². The van der Waals surface area contributed by atoms with Crippen molar-refractivity contribution >= 4 is 5.91 Å². The molecule has 18 heavy (non-hydrogen) atoms. The van der Waals surface area contributed by atoms with Crippen molar-refractivity contribution in [1.82, 2.24) is 4.90 Å². The zero-order valence-corrected chi connectivity index (χ0v) is 11.2. The minimum Gasteiger partial charge on any atom is -0.340 e. The van der Waals surface area contributed by atoms with E-state index >= 15 is 0 Å². The maximum absolute atomic E-state index is 12.2. The summed E-state index contributed by atoms with van der Waals surface area (Å²) in [6, 6.07) is 2.08. The quantitative estimate of drug-likeness (QED) is 0.768. The highest BCUT2D eigenvalue weighted by molar-refractivity contribution is 5.77. The normalized spacial score (nSPS) is 40.6. The van der Waals surface area contributed by atoms with Crippen LogP contribution in [-0.2, 0) is 4.79 Å². The molecule has 4 aliphatic rings. The molecule has 1 amide bonds. The third-order valence-electron chi connectivity index (χ3n) is 5.54. The Morgan fingerprint density at radius 2 is 1.72 bits per heavy atom. The van der Waals surface area contributed by atoms with Crippen LogP contribution in [0.15, 0.2) is 0 Å². The van der Waals surface area contributed by atoms with Crippen molar-refractivity contribution in [3.8, 4) is 6.07 Å². The number of carbonyl (C=O) groups excluding carboxylic acids is 1. The Morgan fingerprint density at radius 1 is 1.22 bits per heavy atom. The molecule has 0 radical (unpaired) electrons. The maximum Gasteiger partial charge on any atom is 0.223 e. The number of nitrogens with zero attached hydrogens (tertiary/aromatic N) is 2. The first-order chi connectivity index (χ1) is 8.63. The maximum atomic E-state index is 12.2. The lowest BCUT2D eigenvalue weighted by molar-refractivity contribution is -0.147. The molecule has 4 saturated carbocycles. The summed E-state index contributed by atoms with van der Waals surface area (Å²) in [5.74, 6) is 2.77. The molecular formula is C15H22N2O. The molecule has 0 spiro atoms. The van der Waals surface area contributed by atoms with E-state index in [0.717, 1.165) is 17.8 Å². The molecular weight excluding hydrogens is 224 g/mol. The van der Waals surface area contributed by atoms with E-state index in [1.165, 1.54) is 38.5 Å². The summed E-state index contributed by atoms with van der Waals surface area (Å²) in [6.07, 6.45) is 8.61. The van der Waals surface area contributed by atoms with Crippen LogP contribution in [0.5, 0.6) is 0 Å². The van der Waals surface area contributed by atoms with E-state index in [0.29, 0.717) is 12.8 Å². The number of rotatable bonds is 3. The lowest BCUT2D eigenvalue weighted by Crippen LogP contribution is -2.60. The fourth-order valence-electron chi connectivity index (χ4n) is 5.07. The van der Waals surface area contributed by atoms with E-state index in [1.807, 2.05) is 11.9 Å². The lowest BCUT2D eigenvalue weighted by atomic mass is 9.52. The first-order valence-electron chi connectivity index (χ1n) is 7.26. The number of nitriles is 1. The van der Waals surface area contributed by atoms with Crippen molar-refractivity contribution in [2.75, 3.05) is 7.05 Å². The highest BCUT2D eigenvalue weighted by Gasteiger charge is 2.53. The van der Waals surface area contributed by atoms with Crippen molar-refractivity contribution < 1.29 is 4.79 Å². The molecule has 4 aliphatic carbocycles. The van der Waals surface area contributed by atoms with Crippen LogP contribution < -0.4 is 0 Å². The summed E-state index contributed by atoms with van der Waals surface area (Å²) in [6.45, 7) is 0. The molecule has 0 atom stereocenters. The summed E-state index contributed by atoms with van der Waals surface area (Å²) < 4.78 is 0. The van der Waals surface area contributed by atoms with Crippen LogP contribution in [0.1, 0.15) is 51.4 Å². The molecule has 0 aromatic carbocycles. The summed E-state index contributed by atoms with van der Waals surface area (Å²) in [4.78, 5) is 14.2. The number of hydrogen-bond acceptors (Lipinski definition) is 2. The van der Waals surface area contributed by atoms with Gasteiger partial charge in [-0.3, -0.25) is 4.79 Å². The number of carbonyl (C=O) groups is 1. The zero-order valence-electron chi connectivity index (χ0n) is 11.2. The predicted molar refractivity (Wildman–Crippen MR) is 68.5 cm³/mol. The highest BCUT2D eigenvalue weighted by Crippen LogP contribution is 2.57. The van der Waals surface area contributed by atoms with Crippen molar-refractivity contribution in [1.29, 1.82) is 5.26 Å². The summed E-state index contributed by atoms with van der Waals surface area (Å²) in [7, 11) is 1.98. The van der Waals surface area contributed by atoms with Crippen LogP contribution in [-0.4, -0.2) is 23.4 Å². The molecule has 0 unspecified atom stereocenters. The van der Waals surface area contributed by atoms with Crippen molar-refractivity contribution in [3.63, 3.8) is 0 Å². The van der Waals surface area contributed by atoms with Crippen LogP contribution in [0.4, 0.5) is 0 Å². The molecule has 0 aromatic rings. The van der Waals surface area contributed by atoms with Gasteiger partial charge in [-0.25, -0.2) is 0 Å². The minimum atomic E-state index is 0.154. The van der Waals surface area contributed by atoms with Crippen LogP contribution >= 0.6 is 0 Å². The second kappa shape index (κ2) is 4.26. The second-order valence-corrected chi connectivity index (χ2v) is 6.75. The Bertz CT molecular complexity index is 361. The van der Waals surface area contributed by atoms with Gasteiger partial charge < -0.3 is 4.90 Å². The van der Waals surface area contributed by atoms with E-state index in [9.17, 15) is 4.79 Å². The topological polar surface area (TPSA) is 44.1 Å². The van der Waals surface area contributed by atoms with Gasteiger partial charge in [-0.2, -0.15) is 5.26 Å². The van der Waals surface area contributed by atoms with E-state index < -0.39 is 0 Å². The van der Waals surface area contributed by atoms with Gasteiger partial charge in [0.2, 0.25) is 5.91 Å². The van der Waals surface area contributed by atoms with Crippen LogP contribution in [0.25, 0.3) is 0 Å². The molecule has 3 nitrogen and oxygen atoms in total. The van der Waals surface area contributed by atoms with Gasteiger partial charge in [-0.15, -0.1) is 0 Å². The molecule has 3 heteroatoms. The first-order valence-corrected chi connectivity index (χ1v) is 7.26. The van der Waals surface area contributed by atoms with E-state index in [1.54, 1.807) is 0 Å². The number of amides is 1. The highest BCUT2D eigenvalue weighted by atomic mass is 16.2. The molecule has 0 saturated heterocycles. The average Bonchev–Trinajstić information content (AvgIpc) is 2.33.